The van der Waals surface area contributed by atoms with Crippen LogP contribution in [-0.2, 0) is 20.9 Å². The summed E-state index contributed by atoms with van der Waals surface area (Å²) in [6.07, 6.45) is 4.48. The van der Waals surface area contributed by atoms with Gasteiger partial charge in [0.15, 0.2) is 0 Å². The van der Waals surface area contributed by atoms with Gasteiger partial charge in [-0.15, -0.1) is 0 Å². The van der Waals surface area contributed by atoms with Crippen molar-refractivity contribution < 1.29 is 19.1 Å². The summed E-state index contributed by atoms with van der Waals surface area (Å²) in [5.74, 6) is -0.260. The Bertz CT molecular complexity index is 584. The lowest BCUT2D eigenvalue weighted by Crippen LogP contribution is -2.46. The fraction of sp³-hybridized carbons (Fsp3) is 0.412. The molecule has 2 aliphatic carbocycles. The summed E-state index contributed by atoms with van der Waals surface area (Å²) in [5.41, 5.74) is 0.926. The number of esters is 1. The molecule has 2 unspecified atom stereocenters. The van der Waals surface area contributed by atoms with Gasteiger partial charge in [0.25, 0.3) is 0 Å². The SMILES string of the molecule is COC(=O)C1C(NC(=O)OCc2ccccc2)[C@H]2C=C[C@@H]1C2. The molecule has 0 aromatic heterocycles. The van der Waals surface area contributed by atoms with Crippen LogP contribution in [-0.4, -0.2) is 25.2 Å². The summed E-state index contributed by atoms with van der Waals surface area (Å²) in [7, 11) is 1.38. The molecule has 4 atom stereocenters. The summed E-state index contributed by atoms with van der Waals surface area (Å²) in [5, 5.41) is 2.83. The van der Waals surface area contributed by atoms with Crippen molar-refractivity contribution in [3.05, 3.63) is 48.0 Å². The van der Waals surface area contributed by atoms with Crippen molar-refractivity contribution in [1.82, 2.24) is 5.32 Å². The molecule has 1 aromatic carbocycles. The van der Waals surface area contributed by atoms with Crippen LogP contribution in [0.5, 0.6) is 0 Å². The van der Waals surface area contributed by atoms with Gasteiger partial charge in [0.2, 0.25) is 0 Å². The number of amides is 1. The Hall–Kier alpha value is -2.30. The molecule has 1 aromatic rings. The second kappa shape index (κ2) is 6.22. The van der Waals surface area contributed by atoms with Crippen molar-refractivity contribution in [3.63, 3.8) is 0 Å². The van der Waals surface area contributed by atoms with E-state index in [0.29, 0.717) is 0 Å². The highest BCUT2D eigenvalue weighted by atomic mass is 16.5. The number of hydrogen-bond donors (Lipinski definition) is 1. The maximum absolute atomic E-state index is 12.0. The summed E-state index contributed by atoms with van der Waals surface area (Å²) in [6.45, 7) is 0.215. The van der Waals surface area contributed by atoms with Gasteiger partial charge in [-0.1, -0.05) is 42.5 Å². The topological polar surface area (TPSA) is 64.6 Å². The fourth-order valence-electron chi connectivity index (χ4n) is 3.38. The van der Waals surface area contributed by atoms with E-state index < -0.39 is 6.09 Å². The monoisotopic (exact) mass is 301 g/mol. The van der Waals surface area contributed by atoms with Crippen molar-refractivity contribution >= 4 is 12.1 Å². The molecule has 1 fully saturated rings. The molecule has 0 spiro atoms. The van der Waals surface area contributed by atoms with E-state index >= 15 is 0 Å². The molecule has 2 bridgehead atoms. The third-order valence-electron chi connectivity index (χ3n) is 4.43. The maximum Gasteiger partial charge on any atom is 0.407 e. The first-order chi connectivity index (χ1) is 10.7. The largest absolute Gasteiger partial charge is 0.469 e. The molecule has 5 heteroatoms. The first-order valence-corrected chi connectivity index (χ1v) is 7.42. The van der Waals surface area contributed by atoms with Gasteiger partial charge in [0.1, 0.15) is 6.61 Å². The highest BCUT2D eigenvalue weighted by Gasteiger charge is 2.49. The average molecular weight is 301 g/mol. The Morgan fingerprint density at radius 1 is 1.18 bits per heavy atom. The van der Waals surface area contributed by atoms with Gasteiger partial charge in [-0.25, -0.2) is 4.79 Å². The Labute approximate surface area is 129 Å². The van der Waals surface area contributed by atoms with E-state index in [1.54, 1.807) is 0 Å². The molecule has 3 rings (SSSR count). The van der Waals surface area contributed by atoms with Gasteiger partial charge in [-0.05, 0) is 23.8 Å². The van der Waals surface area contributed by atoms with Gasteiger partial charge in [-0.2, -0.15) is 0 Å². The lowest BCUT2D eigenvalue weighted by molar-refractivity contribution is -0.147. The summed E-state index contributed by atoms with van der Waals surface area (Å²) in [4.78, 5) is 23.9. The van der Waals surface area contributed by atoms with Gasteiger partial charge >= 0.3 is 12.1 Å². The smallest absolute Gasteiger partial charge is 0.407 e. The normalized spacial score (nSPS) is 28.4. The molecule has 1 N–H and O–H groups in total. The highest BCUT2D eigenvalue weighted by Crippen LogP contribution is 2.44. The molecule has 1 amide bonds. The molecule has 116 valence electrons. The second-order valence-electron chi connectivity index (χ2n) is 5.73. The summed E-state index contributed by atoms with van der Waals surface area (Å²) < 4.78 is 10.1. The van der Waals surface area contributed by atoms with Crippen molar-refractivity contribution in [2.24, 2.45) is 17.8 Å². The van der Waals surface area contributed by atoms with E-state index in [-0.39, 0.29) is 36.4 Å². The van der Waals surface area contributed by atoms with Crippen LogP contribution in [0.25, 0.3) is 0 Å². The Morgan fingerprint density at radius 2 is 1.91 bits per heavy atom. The van der Waals surface area contributed by atoms with E-state index in [0.717, 1.165) is 12.0 Å². The van der Waals surface area contributed by atoms with E-state index in [1.165, 1.54) is 7.11 Å². The molecule has 2 aliphatic rings. The summed E-state index contributed by atoms with van der Waals surface area (Å²) in [6, 6.07) is 9.24. The van der Waals surface area contributed by atoms with Crippen molar-refractivity contribution in [3.8, 4) is 0 Å². The Morgan fingerprint density at radius 3 is 2.64 bits per heavy atom. The Balaban J connectivity index is 1.58. The number of methoxy groups -OCH3 is 1. The quantitative estimate of drug-likeness (QED) is 0.684. The van der Waals surface area contributed by atoms with Crippen LogP contribution in [0.2, 0.25) is 0 Å². The van der Waals surface area contributed by atoms with Gasteiger partial charge < -0.3 is 14.8 Å². The molecular formula is C17H19NO4. The van der Waals surface area contributed by atoms with Crippen molar-refractivity contribution in [2.75, 3.05) is 7.11 Å². The second-order valence-corrected chi connectivity index (χ2v) is 5.73. The van der Waals surface area contributed by atoms with E-state index in [2.05, 4.69) is 11.4 Å². The van der Waals surface area contributed by atoms with Crippen LogP contribution in [0.1, 0.15) is 12.0 Å². The molecule has 5 nitrogen and oxygen atoms in total. The number of nitrogens with one attached hydrogen (secondary N) is 1. The minimum absolute atomic E-state index is 0.150. The van der Waals surface area contributed by atoms with Gasteiger partial charge in [0.05, 0.1) is 19.1 Å². The van der Waals surface area contributed by atoms with Crippen LogP contribution < -0.4 is 5.32 Å². The zero-order chi connectivity index (χ0) is 15.5. The number of rotatable bonds is 4. The van der Waals surface area contributed by atoms with Crippen LogP contribution in [0.4, 0.5) is 4.79 Å². The van der Waals surface area contributed by atoms with Crippen LogP contribution in [0.15, 0.2) is 42.5 Å². The molecular weight excluding hydrogens is 282 g/mol. The van der Waals surface area contributed by atoms with E-state index in [9.17, 15) is 9.59 Å². The first kappa shape index (κ1) is 14.6. The third-order valence-corrected chi connectivity index (χ3v) is 4.43. The van der Waals surface area contributed by atoms with E-state index in [4.69, 9.17) is 9.47 Å². The predicted octanol–water partition coefficient (Wildman–Crippen LogP) is 2.28. The standard InChI is InChI=1S/C17H19NO4/c1-21-16(19)14-12-7-8-13(9-12)15(14)18-17(20)22-10-11-5-3-2-4-6-11/h2-8,12-15H,9-10H2,1H3,(H,18,20)/t12-,13+,14?,15?/m1/s1. The van der Waals surface area contributed by atoms with E-state index in [1.807, 2.05) is 36.4 Å². The number of carbonyl (C=O) groups is 2. The first-order valence-electron chi connectivity index (χ1n) is 7.42. The molecule has 0 saturated heterocycles. The van der Waals surface area contributed by atoms with Crippen molar-refractivity contribution in [1.29, 1.82) is 0 Å². The predicted molar refractivity (Wildman–Crippen MR) is 79.8 cm³/mol. The Kier molecular flexibility index (Phi) is 4.13. The number of alkyl carbamates (subject to hydrolysis) is 1. The lowest BCUT2D eigenvalue weighted by Gasteiger charge is -2.26. The van der Waals surface area contributed by atoms with Crippen LogP contribution >= 0.6 is 0 Å². The minimum Gasteiger partial charge on any atom is -0.469 e. The minimum atomic E-state index is -0.497. The third kappa shape index (κ3) is 2.84. The van der Waals surface area contributed by atoms with Gasteiger partial charge in [-0.3, -0.25) is 4.79 Å². The maximum atomic E-state index is 12.0. The fourth-order valence-corrected chi connectivity index (χ4v) is 3.38. The average Bonchev–Trinajstić information content (AvgIpc) is 3.14. The zero-order valence-electron chi connectivity index (χ0n) is 12.4. The lowest BCUT2D eigenvalue weighted by atomic mass is 9.89. The van der Waals surface area contributed by atoms with Crippen molar-refractivity contribution in [2.45, 2.75) is 19.1 Å². The number of allylic oxidation sites excluding steroid dienone is 1. The van der Waals surface area contributed by atoms with Gasteiger partial charge in [0, 0.05) is 0 Å². The molecule has 1 saturated carbocycles. The molecule has 0 heterocycles. The summed E-state index contributed by atoms with van der Waals surface area (Å²) >= 11 is 0. The highest BCUT2D eigenvalue weighted by molar-refractivity contribution is 5.77. The zero-order valence-corrected chi connectivity index (χ0v) is 12.4. The number of ether oxygens (including phenoxy) is 2. The van der Waals surface area contributed by atoms with Crippen LogP contribution in [0.3, 0.4) is 0 Å². The number of carbonyl (C=O) groups excluding carboxylic acids is 2. The molecule has 0 radical (unpaired) electrons. The number of hydrogen-bond acceptors (Lipinski definition) is 4. The molecule has 22 heavy (non-hydrogen) atoms. The molecule has 0 aliphatic heterocycles. The number of benzene rings is 1. The van der Waals surface area contributed by atoms with Crippen LogP contribution in [0, 0.1) is 17.8 Å². The number of fused-ring (bicyclic) bond motifs is 2.